The Morgan fingerprint density at radius 1 is 1.16 bits per heavy atom. The summed E-state index contributed by atoms with van der Waals surface area (Å²) >= 11 is 0. The summed E-state index contributed by atoms with van der Waals surface area (Å²) in [6.07, 6.45) is 1.53. The minimum Gasteiger partial charge on any atom is -0.391 e. The number of benzene rings is 1. The topological polar surface area (TPSA) is 38.7 Å². The average Bonchev–Trinajstić information content (AvgIpc) is 2.80. The lowest BCUT2D eigenvalue weighted by Crippen LogP contribution is -2.34. The Kier molecular flexibility index (Phi) is 4.61. The van der Waals surface area contributed by atoms with Gasteiger partial charge in [-0.2, -0.15) is 0 Å². The predicted molar refractivity (Wildman–Crippen MR) is 74.9 cm³/mol. The van der Waals surface area contributed by atoms with Crippen molar-refractivity contribution in [3.63, 3.8) is 0 Å². The van der Waals surface area contributed by atoms with Crippen LogP contribution in [0.4, 0.5) is 0 Å². The number of hydrogen-bond donors (Lipinski definition) is 1. The van der Waals surface area contributed by atoms with Gasteiger partial charge in [0.05, 0.1) is 12.2 Å². The first-order valence-electron chi connectivity index (χ1n) is 7.18. The van der Waals surface area contributed by atoms with Crippen LogP contribution in [0, 0.1) is 0 Å². The predicted octanol–water partition coefficient (Wildman–Crippen LogP) is 2.91. The van der Waals surface area contributed by atoms with Crippen LogP contribution >= 0.6 is 0 Å². The van der Waals surface area contributed by atoms with Gasteiger partial charge in [-0.3, -0.25) is 0 Å². The van der Waals surface area contributed by atoms with Crippen LogP contribution in [0.5, 0.6) is 0 Å². The summed E-state index contributed by atoms with van der Waals surface area (Å²) in [6.45, 7) is 5.90. The summed E-state index contributed by atoms with van der Waals surface area (Å²) in [5, 5.41) is 9.92. The van der Waals surface area contributed by atoms with E-state index in [1.54, 1.807) is 6.92 Å². The lowest BCUT2D eigenvalue weighted by atomic mass is 10.0. The molecule has 0 radical (unpaired) electrons. The maximum Gasteiger partial charge on any atom is 0.168 e. The Morgan fingerprint density at radius 2 is 1.79 bits per heavy atom. The maximum atomic E-state index is 9.92. The summed E-state index contributed by atoms with van der Waals surface area (Å²) in [4.78, 5) is 0. The van der Waals surface area contributed by atoms with Crippen LogP contribution in [0.1, 0.15) is 39.2 Å². The van der Waals surface area contributed by atoms with Gasteiger partial charge in [0.25, 0.3) is 0 Å². The molecule has 1 aliphatic heterocycles. The molecular formula is C16H24O3. The van der Waals surface area contributed by atoms with E-state index in [1.165, 1.54) is 5.56 Å². The zero-order valence-corrected chi connectivity index (χ0v) is 12.0. The number of rotatable bonds is 5. The first-order chi connectivity index (χ1) is 9.10. The molecule has 1 aromatic rings. The van der Waals surface area contributed by atoms with Gasteiger partial charge in [-0.25, -0.2) is 0 Å². The molecule has 0 saturated carbocycles. The van der Waals surface area contributed by atoms with E-state index in [0.29, 0.717) is 0 Å². The minimum atomic E-state index is -0.527. The smallest absolute Gasteiger partial charge is 0.168 e. The van der Waals surface area contributed by atoms with E-state index in [0.717, 1.165) is 19.3 Å². The van der Waals surface area contributed by atoms with Crippen LogP contribution in [0.25, 0.3) is 0 Å². The van der Waals surface area contributed by atoms with Crippen molar-refractivity contribution >= 4 is 0 Å². The molecule has 0 aliphatic carbocycles. The van der Waals surface area contributed by atoms with Crippen LogP contribution in [0.2, 0.25) is 0 Å². The molecule has 0 spiro atoms. The lowest BCUT2D eigenvalue weighted by molar-refractivity contribution is -0.185. The molecule has 1 fully saturated rings. The first kappa shape index (κ1) is 14.5. The van der Waals surface area contributed by atoms with Gasteiger partial charge in [-0.15, -0.1) is 0 Å². The molecule has 0 bridgehead atoms. The van der Waals surface area contributed by atoms with Crippen molar-refractivity contribution in [2.75, 3.05) is 0 Å². The Hall–Kier alpha value is -0.900. The van der Waals surface area contributed by atoms with E-state index in [-0.39, 0.29) is 12.2 Å². The van der Waals surface area contributed by atoms with Gasteiger partial charge >= 0.3 is 0 Å². The molecule has 1 unspecified atom stereocenters. The fourth-order valence-electron chi connectivity index (χ4n) is 2.69. The standard InChI is InChI=1S/C16H24O3/c1-4-16(5-2)18-14(15(19-16)12(3)17)11-13-9-7-6-8-10-13/h6-10,12,14-15,17H,4-5,11H2,1-3H3/t12?,14-,15-/m1/s1. The van der Waals surface area contributed by atoms with Crippen molar-refractivity contribution < 1.29 is 14.6 Å². The number of ether oxygens (including phenoxy) is 2. The monoisotopic (exact) mass is 264 g/mol. The quantitative estimate of drug-likeness (QED) is 0.888. The molecule has 106 valence electrons. The second-order valence-electron chi connectivity index (χ2n) is 5.29. The Bertz CT molecular complexity index is 384. The number of hydrogen-bond acceptors (Lipinski definition) is 3. The largest absolute Gasteiger partial charge is 0.391 e. The van der Waals surface area contributed by atoms with Crippen molar-refractivity contribution in [2.45, 2.75) is 64.1 Å². The van der Waals surface area contributed by atoms with Gasteiger partial charge in [0, 0.05) is 6.42 Å². The molecular weight excluding hydrogens is 240 g/mol. The van der Waals surface area contributed by atoms with Gasteiger partial charge in [-0.1, -0.05) is 44.2 Å². The van der Waals surface area contributed by atoms with Gasteiger partial charge in [0.2, 0.25) is 0 Å². The third-order valence-corrected chi connectivity index (χ3v) is 3.92. The zero-order valence-electron chi connectivity index (χ0n) is 12.0. The van der Waals surface area contributed by atoms with Crippen LogP contribution < -0.4 is 0 Å². The Balaban J connectivity index is 2.13. The summed E-state index contributed by atoms with van der Waals surface area (Å²) in [5.74, 6) is -0.527. The van der Waals surface area contributed by atoms with Gasteiger partial charge < -0.3 is 14.6 Å². The Labute approximate surface area is 115 Å². The summed E-state index contributed by atoms with van der Waals surface area (Å²) in [6, 6.07) is 10.2. The molecule has 0 amide bonds. The molecule has 3 atom stereocenters. The first-order valence-corrected chi connectivity index (χ1v) is 7.18. The average molecular weight is 264 g/mol. The van der Waals surface area contributed by atoms with Crippen molar-refractivity contribution in [1.82, 2.24) is 0 Å². The SMILES string of the molecule is CCC1(CC)O[C@H](C(C)O)[C@@H](Cc2ccccc2)O1. The van der Waals surface area contributed by atoms with Crippen molar-refractivity contribution in [1.29, 1.82) is 0 Å². The van der Waals surface area contributed by atoms with Crippen LogP contribution in [0.15, 0.2) is 30.3 Å². The fourth-order valence-corrected chi connectivity index (χ4v) is 2.69. The highest BCUT2D eigenvalue weighted by atomic mass is 16.8. The summed E-state index contributed by atoms with van der Waals surface area (Å²) in [5.41, 5.74) is 1.21. The van der Waals surface area contributed by atoms with Crippen LogP contribution in [-0.4, -0.2) is 29.2 Å². The zero-order chi connectivity index (χ0) is 13.9. The van der Waals surface area contributed by atoms with Crippen molar-refractivity contribution in [3.05, 3.63) is 35.9 Å². The normalized spacial score (nSPS) is 27.4. The second kappa shape index (κ2) is 6.04. The molecule has 1 saturated heterocycles. The Morgan fingerprint density at radius 3 is 2.32 bits per heavy atom. The fraction of sp³-hybridized carbons (Fsp3) is 0.625. The van der Waals surface area contributed by atoms with E-state index in [4.69, 9.17) is 9.47 Å². The second-order valence-corrected chi connectivity index (χ2v) is 5.29. The number of aliphatic hydroxyl groups is 1. The molecule has 1 N–H and O–H groups in total. The van der Waals surface area contributed by atoms with Gasteiger partial charge in [-0.05, 0) is 25.3 Å². The molecule has 3 nitrogen and oxygen atoms in total. The van der Waals surface area contributed by atoms with E-state index in [9.17, 15) is 5.11 Å². The third kappa shape index (κ3) is 3.16. The molecule has 2 rings (SSSR count). The van der Waals surface area contributed by atoms with Gasteiger partial charge in [0.15, 0.2) is 5.79 Å². The van der Waals surface area contributed by atoms with E-state index >= 15 is 0 Å². The molecule has 1 heterocycles. The highest BCUT2D eigenvalue weighted by Crippen LogP contribution is 2.36. The molecule has 19 heavy (non-hydrogen) atoms. The molecule has 1 aromatic carbocycles. The summed E-state index contributed by atoms with van der Waals surface area (Å²) in [7, 11) is 0. The van der Waals surface area contributed by atoms with Crippen LogP contribution in [0.3, 0.4) is 0 Å². The maximum absolute atomic E-state index is 9.92. The van der Waals surface area contributed by atoms with Crippen LogP contribution in [-0.2, 0) is 15.9 Å². The number of aliphatic hydroxyl groups excluding tert-OH is 1. The van der Waals surface area contributed by atoms with Crippen molar-refractivity contribution in [3.8, 4) is 0 Å². The highest BCUT2D eigenvalue weighted by molar-refractivity contribution is 5.16. The lowest BCUT2D eigenvalue weighted by Gasteiger charge is -2.25. The molecule has 3 heteroatoms. The van der Waals surface area contributed by atoms with Crippen molar-refractivity contribution in [2.24, 2.45) is 0 Å². The van der Waals surface area contributed by atoms with E-state index in [2.05, 4.69) is 26.0 Å². The van der Waals surface area contributed by atoms with E-state index in [1.807, 2.05) is 18.2 Å². The highest BCUT2D eigenvalue weighted by Gasteiger charge is 2.46. The molecule has 0 aromatic heterocycles. The van der Waals surface area contributed by atoms with Gasteiger partial charge in [0.1, 0.15) is 6.10 Å². The third-order valence-electron chi connectivity index (χ3n) is 3.92. The van der Waals surface area contributed by atoms with E-state index < -0.39 is 11.9 Å². The molecule has 1 aliphatic rings. The summed E-state index contributed by atoms with van der Waals surface area (Å²) < 4.78 is 12.2. The minimum absolute atomic E-state index is 0.0812.